The van der Waals surface area contributed by atoms with Gasteiger partial charge in [-0.3, -0.25) is 10.5 Å². The minimum Gasteiger partial charge on any atom is -0.496 e. The van der Waals surface area contributed by atoms with E-state index in [0.29, 0.717) is 0 Å². The quantitative estimate of drug-likeness (QED) is 0.617. The Morgan fingerprint density at radius 1 is 1.62 bits per heavy atom. The van der Waals surface area contributed by atoms with Crippen molar-refractivity contribution in [3.05, 3.63) is 34.3 Å². The van der Waals surface area contributed by atoms with Gasteiger partial charge in [0.05, 0.1) is 24.2 Å². The summed E-state index contributed by atoms with van der Waals surface area (Å²) in [7, 11) is 3.53. The molecule has 0 amide bonds. The number of hydrazine groups is 1. The molecule has 3 N–H and O–H groups in total. The van der Waals surface area contributed by atoms with E-state index < -0.39 is 0 Å². The molecule has 0 aliphatic rings. The Balaban J connectivity index is 2.36. The van der Waals surface area contributed by atoms with Crippen molar-refractivity contribution in [1.29, 1.82) is 0 Å². The SMILES string of the molecule is COc1ccsc1C(NN)c1cnn(C)c1. The van der Waals surface area contributed by atoms with Crippen molar-refractivity contribution in [2.45, 2.75) is 6.04 Å². The molecule has 86 valence electrons. The highest BCUT2D eigenvalue weighted by Crippen LogP contribution is 2.33. The van der Waals surface area contributed by atoms with Gasteiger partial charge in [0.1, 0.15) is 5.75 Å². The first kappa shape index (κ1) is 11.1. The van der Waals surface area contributed by atoms with Crippen LogP contribution in [0.2, 0.25) is 0 Å². The summed E-state index contributed by atoms with van der Waals surface area (Å²) in [5, 5.41) is 6.12. The standard InChI is InChI=1S/C10H14N4OS/c1-14-6-7(5-12-14)9(13-11)10-8(15-2)3-4-16-10/h3-6,9,13H,11H2,1-2H3. The van der Waals surface area contributed by atoms with Crippen LogP contribution >= 0.6 is 11.3 Å². The molecule has 2 aromatic heterocycles. The maximum Gasteiger partial charge on any atom is 0.134 e. The molecule has 6 heteroatoms. The van der Waals surface area contributed by atoms with E-state index in [9.17, 15) is 0 Å². The summed E-state index contributed by atoms with van der Waals surface area (Å²) in [5.74, 6) is 6.44. The first-order valence-corrected chi connectivity index (χ1v) is 5.70. The fraction of sp³-hybridized carbons (Fsp3) is 0.300. The third kappa shape index (κ3) is 1.95. The zero-order chi connectivity index (χ0) is 11.5. The molecule has 1 unspecified atom stereocenters. The molecule has 0 bridgehead atoms. The van der Waals surface area contributed by atoms with Gasteiger partial charge in [0, 0.05) is 18.8 Å². The zero-order valence-corrected chi connectivity index (χ0v) is 9.99. The van der Waals surface area contributed by atoms with Crippen molar-refractivity contribution in [3.8, 4) is 5.75 Å². The van der Waals surface area contributed by atoms with Crippen LogP contribution in [0.1, 0.15) is 16.5 Å². The summed E-state index contributed by atoms with van der Waals surface area (Å²) in [5.41, 5.74) is 3.81. The Bertz CT molecular complexity index is 465. The average Bonchev–Trinajstić information content (AvgIpc) is 2.89. The monoisotopic (exact) mass is 238 g/mol. The molecule has 2 rings (SSSR count). The van der Waals surface area contributed by atoms with Crippen molar-refractivity contribution in [3.63, 3.8) is 0 Å². The van der Waals surface area contributed by atoms with E-state index >= 15 is 0 Å². The predicted molar refractivity (Wildman–Crippen MR) is 63.2 cm³/mol. The molecule has 2 heterocycles. The number of methoxy groups -OCH3 is 1. The number of thiophene rings is 1. The molecule has 0 spiro atoms. The lowest BCUT2D eigenvalue weighted by Gasteiger charge is -2.13. The van der Waals surface area contributed by atoms with Gasteiger partial charge in [-0.05, 0) is 11.4 Å². The number of ether oxygens (including phenoxy) is 1. The van der Waals surface area contributed by atoms with Crippen molar-refractivity contribution in [1.82, 2.24) is 15.2 Å². The van der Waals surface area contributed by atoms with Crippen molar-refractivity contribution >= 4 is 11.3 Å². The predicted octanol–water partition coefficient (Wildman–Crippen LogP) is 1.04. The van der Waals surface area contributed by atoms with Gasteiger partial charge in [-0.15, -0.1) is 11.3 Å². The van der Waals surface area contributed by atoms with E-state index in [1.165, 1.54) is 0 Å². The minimum absolute atomic E-state index is 0.0800. The topological polar surface area (TPSA) is 65.1 Å². The van der Waals surface area contributed by atoms with Crippen molar-refractivity contribution < 1.29 is 4.74 Å². The molecule has 0 aliphatic heterocycles. The fourth-order valence-corrected chi connectivity index (χ4v) is 2.55. The van der Waals surface area contributed by atoms with E-state index in [-0.39, 0.29) is 6.04 Å². The lowest BCUT2D eigenvalue weighted by molar-refractivity contribution is 0.408. The highest BCUT2D eigenvalue weighted by atomic mass is 32.1. The lowest BCUT2D eigenvalue weighted by atomic mass is 10.1. The normalized spacial score (nSPS) is 12.7. The Hall–Kier alpha value is -1.37. The molecule has 0 saturated heterocycles. The second-order valence-corrected chi connectivity index (χ2v) is 4.35. The molecule has 16 heavy (non-hydrogen) atoms. The largest absolute Gasteiger partial charge is 0.496 e. The fourth-order valence-electron chi connectivity index (χ4n) is 1.60. The van der Waals surface area contributed by atoms with Crippen LogP contribution < -0.4 is 16.0 Å². The van der Waals surface area contributed by atoms with Gasteiger partial charge in [0.25, 0.3) is 0 Å². The van der Waals surface area contributed by atoms with Gasteiger partial charge in [-0.25, -0.2) is 5.43 Å². The van der Waals surface area contributed by atoms with Crippen molar-refractivity contribution in [2.75, 3.05) is 7.11 Å². The van der Waals surface area contributed by atoms with Gasteiger partial charge in [-0.1, -0.05) is 0 Å². The van der Waals surface area contributed by atoms with E-state index in [1.807, 2.05) is 24.7 Å². The Morgan fingerprint density at radius 3 is 3.00 bits per heavy atom. The van der Waals surface area contributed by atoms with Crippen LogP contribution in [0.15, 0.2) is 23.8 Å². The van der Waals surface area contributed by atoms with Crippen LogP contribution in [0.5, 0.6) is 5.75 Å². The summed E-state index contributed by atoms with van der Waals surface area (Å²) in [6.07, 6.45) is 3.73. The van der Waals surface area contributed by atoms with Crippen molar-refractivity contribution in [2.24, 2.45) is 12.9 Å². The van der Waals surface area contributed by atoms with Crippen LogP contribution in [0.25, 0.3) is 0 Å². The molecular formula is C10H14N4OS. The van der Waals surface area contributed by atoms with Gasteiger partial charge >= 0.3 is 0 Å². The number of nitrogens with one attached hydrogen (secondary N) is 1. The maximum atomic E-state index is 5.59. The smallest absolute Gasteiger partial charge is 0.134 e. The van der Waals surface area contributed by atoms with Crippen LogP contribution in [0.3, 0.4) is 0 Å². The number of hydrogen-bond acceptors (Lipinski definition) is 5. The van der Waals surface area contributed by atoms with Crippen LogP contribution in [-0.4, -0.2) is 16.9 Å². The van der Waals surface area contributed by atoms with Crippen LogP contribution in [-0.2, 0) is 7.05 Å². The minimum atomic E-state index is -0.0800. The highest BCUT2D eigenvalue weighted by Gasteiger charge is 2.19. The first-order chi connectivity index (χ1) is 7.76. The maximum absolute atomic E-state index is 5.59. The average molecular weight is 238 g/mol. The summed E-state index contributed by atoms with van der Waals surface area (Å²) in [6, 6.07) is 1.85. The molecule has 0 fully saturated rings. The van der Waals surface area contributed by atoms with Gasteiger partial charge < -0.3 is 4.74 Å². The molecule has 1 atom stereocenters. The third-order valence-electron chi connectivity index (χ3n) is 2.36. The Kier molecular flexibility index (Phi) is 3.23. The number of nitrogens with zero attached hydrogens (tertiary/aromatic N) is 2. The molecule has 5 nitrogen and oxygen atoms in total. The Morgan fingerprint density at radius 2 is 2.44 bits per heavy atom. The van der Waals surface area contributed by atoms with Crippen LogP contribution in [0.4, 0.5) is 0 Å². The summed E-state index contributed by atoms with van der Waals surface area (Å²) >= 11 is 1.61. The zero-order valence-electron chi connectivity index (χ0n) is 9.18. The van der Waals surface area contributed by atoms with E-state index in [2.05, 4.69) is 10.5 Å². The van der Waals surface area contributed by atoms with E-state index in [4.69, 9.17) is 10.6 Å². The number of aromatic nitrogens is 2. The number of rotatable bonds is 4. The molecule has 0 radical (unpaired) electrons. The number of hydrogen-bond donors (Lipinski definition) is 2. The van der Waals surface area contributed by atoms with E-state index in [1.54, 1.807) is 29.3 Å². The van der Waals surface area contributed by atoms with Gasteiger partial charge in [0.15, 0.2) is 0 Å². The lowest BCUT2D eigenvalue weighted by Crippen LogP contribution is -2.28. The third-order valence-corrected chi connectivity index (χ3v) is 3.33. The summed E-state index contributed by atoms with van der Waals surface area (Å²) < 4.78 is 7.03. The highest BCUT2D eigenvalue weighted by molar-refractivity contribution is 7.10. The molecular weight excluding hydrogens is 224 g/mol. The number of nitrogens with two attached hydrogens (primary N) is 1. The second kappa shape index (κ2) is 4.65. The van der Waals surface area contributed by atoms with Gasteiger partial charge in [-0.2, -0.15) is 5.10 Å². The van der Waals surface area contributed by atoms with Gasteiger partial charge in [0.2, 0.25) is 0 Å². The summed E-state index contributed by atoms with van der Waals surface area (Å²) in [6.45, 7) is 0. The molecule has 0 aromatic carbocycles. The summed E-state index contributed by atoms with van der Waals surface area (Å²) in [4.78, 5) is 1.05. The second-order valence-electron chi connectivity index (χ2n) is 3.40. The molecule has 0 saturated carbocycles. The Labute approximate surface area is 97.8 Å². The molecule has 2 aromatic rings. The first-order valence-electron chi connectivity index (χ1n) is 4.82. The van der Waals surface area contributed by atoms with Crippen LogP contribution in [0, 0.1) is 0 Å². The van der Waals surface area contributed by atoms with E-state index in [0.717, 1.165) is 16.2 Å². The molecule has 0 aliphatic carbocycles. The number of aryl methyl sites for hydroxylation is 1.